The molecule has 3 rings (SSSR count). The fourth-order valence-corrected chi connectivity index (χ4v) is 3.47. The summed E-state index contributed by atoms with van der Waals surface area (Å²) in [6.45, 7) is 1.57. The van der Waals surface area contributed by atoms with Crippen molar-refractivity contribution in [3.8, 4) is 0 Å². The minimum atomic E-state index is -0.258. The summed E-state index contributed by atoms with van der Waals surface area (Å²) in [5.74, 6) is -0.247. The van der Waals surface area contributed by atoms with Crippen LogP contribution in [0.2, 0.25) is 5.02 Å². The van der Waals surface area contributed by atoms with Gasteiger partial charge in [-0.3, -0.25) is 9.59 Å². The van der Waals surface area contributed by atoms with Gasteiger partial charge in [-0.05, 0) is 55.7 Å². The van der Waals surface area contributed by atoms with Gasteiger partial charge in [0.1, 0.15) is 0 Å². The molecule has 1 saturated heterocycles. The van der Waals surface area contributed by atoms with E-state index >= 15 is 0 Å². The molecule has 27 heavy (non-hydrogen) atoms. The average Bonchev–Trinajstić information content (AvgIpc) is 2.68. The molecule has 6 heteroatoms. The minimum absolute atomic E-state index is 0.0113. The highest BCUT2D eigenvalue weighted by atomic mass is 35.5. The van der Waals surface area contributed by atoms with Crippen molar-refractivity contribution in [3.05, 3.63) is 58.6 Å². The average molecular weight is 386 g/mol. The highest BCUT2D eigenvalue weighted by molar-refractivity contribution is 6.31. The van der Waals surface area contributed by atoms with Crippen LogP contribution in [0.25, 0.3) is 0 Å². The topological polar surface area (TPSA) is 52.7 Å². The molecule has 142 valence electrons. The van der Waals surface area contributed by atoms with Crippen LogP contribution in [-0.4, -0.2) is 43.9 Å². The molecule has 0 bridgehead atoms. The van der Waals surface area contributed by atoms with Crippen molar-refractivity contribution in [2.45, 2.75) is 19.3 Å². The Labute approximate surface area is 164 Å². The molecule has 2 aromatic rings. The molecule has 1 N–H and O–H groups in total. The number of piperidine rings is 1. The molecule has 0 unspecified atom stereocenters. The molecule has 0 radical (unpaired) electrons. The lowest BCUT2D eigenvalue weighted by molar-refractivity contribution is 0.0724. The number of nitrogens with zero attached hydrogens (tertiary/aromatic N) is 2. The molecule has 2 aromatic carbocycles. The summed E-state index contributed by atoms with van der Waals surface area (Å²) >= 11 is 5.96. The number of hydrogen-bond donors (Lipinski definition) is 1. The number of hydrogen-bond acceptors (Lipinski definition) is 3. The second-order valence-electron chi connectivity index (χ2n) is 6.94. The Morgan fingerprint density at radius 3 is 2.44 bits per heavy atom. The molecule has 5 nitrogen and oxygen atoms in total. The molecule has 1 aliphatic rings. The van der Waals surface area contributed by atoms with Gasteiger partial charge in [0.25, 0.3) is 11.8 Å². The van der Waals surface area contributed by atoms with E-state index in [0.29, 0.717) is 21.8 Å². The Morgan fingerprint density at radius 1 is 1.04 bits per heavy atom. The lowest BCUT2D eigenvalue weighted by Gasteiger charge is -2.28. The number of carbonyl (C=O) groups is 2. The number of carbonyl (C=O) groups excluding carboxylic acids is 2. The largest absolute Gasteiger partial charge is 0.377 e. The van der Waals surface area contributed by atoms with E-state index in [1.165, 1.54) is 6.42 Å². The molecule has 0 aromatic heterocycles. The highest BCUT2D eigenvalue weighted by Gasteiger charge is 2.22. The Bertz CT molecular complexity index is 845. The van der Waals surface area contributed by atoms with Crippen molar-refractivity contribution >= 4 is 34.8 Å². The first-order valence-corrected chi connectivity index (χ1v) is 9.51. The van der Waals surface area contributed by atoms with Crippen LogP contribution < -0.4 is 10.2 Å². The van der Waals surface area contributed by atoms with E-state index in [1.807, 2.05) is 36.0 Å². The first-order chi connectivity index (χ1) is 13.0. The molecule has 1 fully saturated rings. The molecule has 0 saturated carbocycles. The zero-order valence-electron chi connectivity index (χ0n) is 15.7. The van der Waals surface area contributed by atoms with E-state index < -0.39 is 0 Å². The number of amides is 2. The Balaban J connectivity index is 1.86. The third kappa shape index (κ3) is 4.61. The highest BCUT2D eigenvalue weighted by Crippen LogP contribution is 2.26. The van der Waals surface area contributed by atoms with Gasteiger partial charge >= 0.3 is 0 Å². The maximum absolute atomic E-state index is 13.0. The first kappa shape index (κ1) is 19.2. The lowest BCUT2D eigenvalue weighted by atomic mass is 10.1. The fourth-order valence-electron chi connectivity index (χ4n) is 3.28. The molecule has 0 spiro atoms. The number of nitrogens with one attached hydrogen (secondary N) is 1. The summed E-state index contributed by atoms with van der Waals surface area (Å²) in [4.78, 5) is 29.4. The van der Waals surface area contributed by atoms with E-state index in [2.05, 4.69) is 5.32 Å². The zero-order chi connectivity index (χ0) is 19.4. The van der Waals surface area contributed by atoms with Crippen molar-refractivity contribution in [1.82, 2.24) is 4.90 Å². The van der Waals surface area contributed by atoms with E-state index in [4.69, 9.17) is 11.6 Å². The first-order valence-electron chi connectivity index (χ1n) is 9.13. The second kappa shape index (κ2) is 8.44. The van der Waals surface area contributed by atoms with Crippen molar-refractivity contribution in [2.24, 2.45) is 0 Å². The van der Waals surface area contributed by atoms with Crippen LogP contribution in [-0.2, 0) is 0 Å². The van der Waals surface area contributed by atoms with Crippen LogP contribution in [0, 0.1) is 0 Å². The van der Waals surface area contributed by atoms with E-state index in [1.54, 1.807) is 30.3 Å². The second-order valence-corrected chi connectivity index (χ2v) is 7.38. The molecular weight excluding hydrogens is 362 g/mol. The summed E-state index contributed by atoms with van der Waals surface area (Å²) < 4.78 is 0. The molecule has 1 aliphatic heterocycles. The van der Waals surface area contributed by atoms with Gasteiger partial charge < -0.3 is 15.1 Å². The van der Waals surface area contributed by atoms with Crippen molar-refractivity contribution in [3.63, 3.8) is 0 Å². The molecule has 0 aliphatic carbocycles. The number of benzene rings is 2. The van der Waals surface area contributed by atoms with E-state index in [9.17, 15) is 9.59 Å². The smallest absolute Gasteiger partial charge is 0.256 e. The quantitative estimate of drug-likeness (QED) is 0.854. The molecule has 2 amide bonds. The number of anilines is 2. The third-order valence-electron chi connectivity index (χ3n) is 4.70. The van der Waals surface area contributed by atoms with Crippen molar-refractivity contribution in [2.75, 3.05) is 37.4 Å². The van der Waals surface area contributed by atoms with Gasteiger partial charge in [0.15, 0.2) is 0 Å². The van der Waals surface area contributed by atoms with Crippen LogP contribution in [0.15, 0.2) is 42.5 Å². The van der Waals surface area contributed by atoms with Crippen molar-refractivity contribution in [1.29, 1.82) is 0 Å². The normalized spacial score (nSPS) is 14.0. The standard InChI is InChI=1S/C21H24ClN3O2/c1-24(2)19-10-9-17(23-20(26)15-7-6-8-16(22)13-15)14-18(19)21(27)25-11-4-3-5-12-25/h6-10,13-14H,3-5,11-12H2,1-2H3,(H,23,26). The maximum Gasteiger partial charge on any atom is 0.256 e. The predicted molar refractivity (Wildman–Crippen MR) is 110 cm³/mol. The Hall–Kier alpha value is -2.53. The predicted octanol–water partition coefficient (Wildman–Crippen LogP) is 4.28. The van der Waals surface area contributed by atoms with E-state index in [-0.39, 0.29) is 11.8 Å². The summed E-state index contributed by atoms with van der Waals surface area (Å²) in [5, 5.41) is 3.37. The van der Waals surface area contributed by atoms with Crippen LogP contribution in [0.4, 0.5) is 11.4 Å². The van der Waals surface area contributed by atoms with Gasteiger partial charge in [-0.15, -0.1) is 0 Å². The van der Waals surface area contributed by atoms with Gasteiger partial charge in [-0.2, -0.15) is 0 Å². The van der Waals surface area contributed by atoms with Crippen molar-refractivity contribution < 1.29 is 9.59 Å². The monoisotopic (exact) mass is 385 g/mol. The summed E-state index contributed by atoms with van der Waals surface area (Å²) in [7, 11) is 3.82. The van der Waals surface area contributed by atoms with Crippen LogP contribution in [0.1, 0.15) is 40.0 Å². The lowest BCUT2D eigenvalue weighted by Crippen LogP contribution is -2.36. The third-order valence-corrected chi connectivity index (χ3v) is 4.93. The minimum Gasteiger partial charge on any atom is -0.377 e. The number of halogens is 1. The number of rotatable bonds is 4. The summed E-state index contributed by atoms with van der Waals surface area (Å²) in [6.07, 6.45) is 3.24. The van der Waals surface area contributed by atoms with Gasteiger partial charge in [0, 0.05) is 49.1 Å². The van der Waals surface area contributed by atoms with Gasteiger partial charge in [0.2, 0.25) is 0 Å². The van der Waals surface area contributed by atoms with Gasteiger partial charge in [-0.25, -0.2) is 0 Å². The molecule has 1 heterocycles. The fraction of sp³-hybridized carbons (Fsp3) is 0.333. The summed E-state index contributed by atoms with van der Waals surface area (Å²) in [6, 6.07) is 12.2. The van der Waals surface area contributed by atoms with Crippen LogP contribution in [0.3, 0.4) is 0 Å². The molecular formula is C21H24ClN3O2. The maximum atomic E-state index is 13.0. The van der Waals surface area contributed by atoms with Crippen LogP contribution in [0.5, 0.6) is 0 Å². The Morgan fingerprint density at radius 2 is 1.78 bits per heavy atom. The van der Waals surface area contributed by atoms with Crippen LogP contribution >= 0.6 is 11.6 Å². The number of likely N-dealkylation sites (tertiary alicyclic amines) is 1. The molecule has 0 atom stereocenters. The SMILES string of the molecule is CN(C)c1ccc(NC(=O)c2cccc(Cl)c2)cc1C(=O)N1CCCCC1. The Kier molecular flexibility index (Phi) is 6.01. The van der Waals surface area contributed by atoms with Gasteiger partial charge in [-0.1, -0.05) is 17.7 Å². The van der Waals surface area contributed by atoms with Gasteiger partial charge in [0.05, 0.1) is 5.56 Å². The van der Waals surface area contributed by atoms with E-state index in [0.717, 1.165) is 31.6 Å². The summed E-state index contributed by atoms with van der Waals surface area (Å²) in [5.41, 5.74) is 2.51. The zero-order valence-corrected chi connectivity index (χ0v) is 16.4.